The maximum atomic E-state index is 13.1. The van der Waals surface area contributed by atoms with Crippen LogP contribution in [0.4, 0.5) is 5.69 Å². The zero-order valence-electron chi connectivity index (χ0n) is 14.3. The Hall–Kier alpha value is -3.46. The molecule has 26 heavy (non-hydrogen) atoms. The van der Waals surface area contributed by atoms with Crippen molar-refractivity contribution >= 4 is 11.6 Å². The molecule has 6 nitrogen and oxygen atoms in total. The van der Waals surface area contributed by atoms with E-state index in [0.29, 0.717) is 24.1 Å². The van der Waals surface area contributed by atoms with Crippen LogP contribution in [0, 0.1) is 11.3 Å². The number of carbonyl (C=O) groups excluding carboxylic acids is 1. The molecule has 3 aromatic rings. The van der Waals surface area contributed by atoms with Crippen molar-refractivity contribution in [1.82, 2.24) is 14.8 Å². The predicted octanol–water partition coefficient (Wildman–Crippen LogP) is 2.79. The van der Waals surface area contributed by atoms with E-state index >= 15 is 0 Å². The predicted molar refractivity (Wildman–Crippen MR) is 96.7 cm³/mol. The average molecular weight is 343 g/mol. The highest BCUT2D eigenvalue weighted by atomic mass is 16.2. The molecule has 0 spiro atoms. The zero-order valence-corrected chi connectivity index (χ0v) is 14.3. The third-order valence-electron chi connectivity index (χ3n) is 4.70. The highest BCUT2D eigenvalue weighted by Gasteiger charge is 2.32. The number of fused-ring (bicyclic) bond motifs is 1. The fourth-order valence-corrected chi connectivity index (χ4v) is 3.45. The number of rotatable bonds is 3. The molecule has 0 saturated carbocycles. The Bertz CT molecular complexity index is 986. The van der Waals surface area contributed by atoms with Gasteiger partial charge in [0.15, 0.2) is 0 Å². The summed E-state index contributed by atoms with van der Waals surface area (Å²) in [5.41, 5.74) is 4.13. The lowest BCUT2D eigenvalue weighted by molar-refractivity contribution is 0.0981. The van der Waals surface area contributed by atoms with Crippen LogP contribution in [0.15, 0.2) is 55.1 Å². The molecule has 0 N–H and O–H groups in total. The summed E-state index contributed by atoms with van der Waals surface area (Å²) in [5, 5.41) is 13.4. The van der Waals surface area contributed by atoms with E-state index in [-0.39, 0.29) is 11.9 Å². The number of nitrogens with zero attached hydrogens (tertiary/aromatic N) is 5. The number of hydrogen-bond donors (Lipinski definition) is 0. The smallest absolute Gasteiger partial charge is 0.258 e. The Morgan fingerprint density at radius 2 is 2.08 bits per heavy atom. The normalized spacial score (nSPS) is 15.5. The van der Waals surface area contributed by atoms with E-state index in [2.05, 4.69) is 16.2 Å². The summed E-state index contributed by atoms with van der Waals surface area (Å²) in [5.74, 6) is -0.0429. The molecule has 0 radical (unpaired) electrons. The molecule has 128 valence electrons. The van der Waals surface area contributed by atoms with E-state index in [1.165, 1.54) is 6.33 Å². The monoisotopic (exact) mass is 343 g/mol. The number of benzene rings is 2. The maximum Gasteiger partial charge on any atom is 0.258 e. The topological polar surface area (TPSA) is 74.8 Å². The van der Waals surface area contributed by atoms with E-state index in [1.807, 2.05) is 43.3 Å². The summed E-state index contributed by atoms with van der Waals surface area (Å²) < 4.78 is 1.74. The molecule has 0 fully saturated rings. The van der Waals surface area contributed by atoms with Crippen LogP contribution in [0.25, 0.3) is 0 Å². The number of carbonyl (C=O) groups is 1. The van der Waals surface area contributed by atoms with E-state index in [4.69, 9.17) is 0 Å². The molecule has 2 heterocycles. The number of aromatic nitrogens is 3. The van der Waals surface area contributed by atoms with Crippen LogP contribution in [0.1, 0.15) is 34.0 Å². The van der Waals surface area contributed by atoms with Crippen molar-refractivity contribution in [2.45, 2.75) is 25.9 Å². The van der Waals surface area contributed by atoms with Gasteiger partial charge in [0.25, 0.3) is 5.91 Å². The molecule has 0 saturated heterocycles. The highest BCUT2D eigenvalue weighted by Crippen LogP contribution is 2.35. The lowest BCUT2D eigenvalue weighted by atomic mass is 10.0. The van der Waals surface area contributed by atoms with Crippen molar-refractivity contribution in [3.63, 3.8) is 0 Å². The van der Waals surface area contributed by atoms with Gasteiger partial charge in [-0.15, -0.1) is 0 Å². The molecule has 0 aliphatic carbocycles. The first-order chi connectivity index (χ1) is 12.7. The quantitative estimate of drug-likeness (QED) is 0.733. The standard InChI is InChI=1S/C20H17N5O/c1-14-9-18-17(10-21)3-2-4-19(18)25(14)20(26)16-7-5-15(6-8-16)11-24-13-22-12-23-24/h2-8,12-14H,9,11H2,1H3. The second kappa shape index (κ2) is 6.45. The molecular formula is C20H17N5O. The molecule has 6 heteroatoms. The van der Waals surface area contributed by atoms with Gasteiger partial charge in [-0.05, 0) is 48.7 Å². The van der Waals surface area contributed by atoms with Crippen LogP contribution in [-0.2, 0) is 13.0 Å². The summed E-state index contributed by atoms with van der Waals surface area (Å²) >= 11 is 0. The molecule has 1 aliphatic rings. The molecule has 1 amide bonds. The van der Waals surface area contributed by atoms with Gasteiger partial charge >= 0.3 is 0 Å². The van der Waals surface area contributed by atoms with Gasteiger partial charge in [0.05, 0.1) is 18.2 Å². The lowest BCUT2D eigenvalue weighted by Crippen LogP contribution is -2.35. The molecule has 1 atom stereocenters. The second-order valence-corrected chi connectivity index (χ2v) is 6.43. The number of amides is 1. The summed E-state index contributed by atoms with van der Waals surface area (Å²) in [6.07, 6.45) is 3.86. The van der Waals surface area contributed by atoms with Crippen molar-refractivity contribution < 1.29 is 4.79 Å². The molecule has 4 rings (SSSR count). The maximum absolute atomic E-state index is 13.1. The molecule has 0 bridgehead atoms. The van der Waals surface area contributed by atoms with Crippen LogP contribution >= 0.6 is 0 Å². The van der Waals surface area contributed by atoms with E-state index in [0.717, 1.165) is 16.8 Å². The van der Waals surface area contributed by atoms with Crippen molar-refractivity contribution in [2.24, 2.45) is 0 Å². The van der Waals surface area contributed by atoms with Gasteiger partial charge in [0.2, 0.25) is 0 Å². The van der Waals surface area contributed by atoms with Crippen molar-refractivity contribution in [3.8, 4) is 6.07 Å². The Kier molecular flexibility index (Phi) is 3.98. The van der Waals surface area contributed by atoms with Crippen LogP contribution in [-0.4, -0.2) is 26.7 Å². The Labute approximate surface area is 151 Å². The molecule has 1 unspecified atom stereocenters. The first-order valence-electron chi connectivity index (χ1n) is 8.44. The number of nitriles is 1. The first kappa shape index (κ1) is 16.0. The minimum Gasteiger partial charge on any atom is -0.305 e. The lowest BCUT2D eigenvalue weighted by Gasteiger charge is -2.23. The minimum atomic E-state index is -0.0429. The van der Waals surface area contributed by atoms with Crippen molar-refractivity contribution in [3.05, 3.63) is 77.4 Å². The number of hydrogen-bond acceptors (Lipinski definition) is 4. The van der Waals surface area contributed by atoms with Gasteiger partial charge in [-0.25, -0.2) is 9.67 Å². The zero-order chi connectivity index (χ0) is 18.1. The largest absolute Gasteiger partial charge is 0.305 e. The minimum absolute atomic E-state index is 0.0295. The fraction of sp³-hybridized carbons (Fsp3) is 0.200. The molecule has 2 aromatic carbocycles. The SMILES string of the molecule is CC1Cc2c(C#N)cccc2N1C(=O)c1ccc(Cn2cncn2)cc1. The van der Waals surface area contributed by atoms with Gasteiger partial charge < -0.3 is 4.90 Å². The van der Waals surface area contributed by atoms with Crippen LogP contribution in [0.2, 0.25) is 0 Å². The highest BCUT2D eigenvalue weighted by molar-refractivity contribution is 6.08. The Morgan fingerprint density at radius 1 is 1.27 bits per heavy atom. The van der Waals surface area contributed by atoms with Gasteiger partial charge in [-0.1, -0.05) is 18.2 Å². The van der Waals surface area contributed by atoms with Crippen LogP contribution < -0.4 is 4.90 Å². The van der Waals surface area contributed by atoms with Gasteiger partial charge in [0, 0.05) is 17.3 Å². The van der Waals surface area contributed by atoms with E-state index in [9.17, 15) is 10.1 Å². The molecule has 1 aromatic heterocycles. The third-order valence-corrected chi connectivity index (χ3v) is 4.70. The second-order valence-electron chi connectivity index (χ2n) is 6.43. The summed E-state index contributed by atoms with van der Waals surface area (Å²) in [7, 11) is 0. The summed E-state index contributed by atoms with van der Waals surface area (Å²) in [4.78, 5) is 18.8. The van der Waals surface area contributed by atoms with Gasteiger partial charge in [-0.2, -0.15) is 10.4 Å². The molecule has 1 aliphatic heterocycles. The van der Waals surface area contributed by atoms with Crippen LogP contribution in [0.5, 0.6) is 0 Å². The average Bonchev–Trinajstić information content (AvgIpc) is 3.28. The van der Waals surface area contributed by atoms with Gasteiger partial charge in [0.1, 0.15) is 12.7 Å². The van der Waals surface area contributed by atoms with Crippen LogP contribution in [0.3, 0.4) is 0 Å². The first-order valence-corrected chi connectivity index (χ1v) is 8.44. The summed E-state index contributed by atoms with van der Waals surface area (Å²) in [6, 6.07) is 15.3. The van der Waals surface area contributed by atoms with Crippen molar-refractivity contribution in [2.75, 3.05) is 4.90 Å². The Balaban J connectivity index is 1.60. The number of anilines is 1. The fourth-order valence-electron chi connectivity index (χ4n) is 3.45. The van der Waals surface area contributed by atoms with E-state index in [1.54, 1.807) is 22.0 Å². The van der Waals surface area contributed by atoms with Gasteiger partial charge in [-0.3, -0.25) is 4.79 Å². The van der Waals surface area contributed by atoms with E-state index < -0.39 is 0 Å². The Morgan fingerprint density at radius 3 is 2.77 bits per heavy atom. The molecular weight excluding hydrogens is 326 g/mol. The van der Waals surface area contributed by atoms with Crippen molar-refractivity contribution in [1.29, 1.82) is 5.26 Å². The summed E-state index contributed by atoms with van der Waals surface area (Å²) in [6.45, 7) is 2.63. The third kappa shape index (κ3) is 2.74.